The number of esters is 2. The van der Waals surface area contributed by atoms with Gasteiger partial charge in [-0.25, -0.2) is 0 Å². The fraction of sp³-hybridized carbons (Fsp3) is 0.539. The fourth-order valence-electron chi connectivity index (χ4n) is 12.7. The van der Waals surface area contributed by atoms with Crippen molar-refractivity contribution >= 4 is 65.0 Å². The Bertz CT molecular complexity index is 3460. The van der Waals surface area contributed by atoms with Gasteiger partial charge >= 0.3 is 11.9 Å². The number of amides is 8. The summed E-state index contributed by atoms with van der Waals surface area (Å²) in [5, 5.41) is 32.9. The van der Waals surface area contributed by atoms with Gasteiger partial charge in [-0.1, -0.05) is 114 Å². The van der Waals surface area contributed by atoms with E-state index in [1.165, 1.54) is 0 Å². The molecule has 9 N–H and O–H groups in total. The van der Waals surface area contributed by atoms with Gasteiger partial charge in [0.05, 0.1) is 12.1 Å². The Morgan fingerprint density at radius 2 is 0.930 bits per heavy atom. The van der Waals surface area contributed by atoms with E-state index in [4.69, 9.17) is 18.9 Å². The van der Waals surface area contributed by atoms with E-state index in [2.05, 4.69) is 42.5 Å². The number of carbonyl (C=O) groups excluding carboxylic acids is 11. The van der Waals surface area contributed by atoms with Crippen LogP contribution in [-0.4, -0.2) is 137 Å². The van der Waals surface area contributed by atoms with Crippen LogP contribution in [0.2, 0.25) is 0 Å². The van der Waals surface area contributed by atoms with Crippen LogP contribution >= 0.6 is 0 Å². The predicted molar refractivity (Wildman–Crippen MR) is 373 cm³/mol. The van der Waals surface area contributed by atoms with Crippen molar-refractivity contribution in [2.24, 2.45) is 11.8 Å². The first-order chi connectivity index (χ1) is 47.6. The second kappa shape index (κ2) is 37.8. The first-order valence-corrected chi connectivity index (χ1v) is 35.4. The molecule has 24 heteroatoms. The normalized spacial score (nSPS) is 19.9. The van der Waals surface area contributed by atoms with Gasteiger partial charge in [0.25, 0.3) is 11.8 Å². The average Bonchev–Trinajstić information content (AvgIpc) is 1.12. The molecule has 4 aromatic carbocycles. The summed E-state index contributed by atoms with van der Waals surface area (Å²) >= 11 is 0. The Hall–Kier alpha value is -9.19. The Morgan fingerprint density at radius 3 is 1.35 bits per heavy atom. The summed E-state index contributed by atoms with van der Waals surface area (Å²) in [4.78, 5) is 146. The number of aliphatic hydroxyl groups excluding tert-OH is 1. The van der Waals surface area contributed by atoms with Gasteiger partial charge in [0, 0.05) is 25.7 Å². The molecule has 2 saturated carbocycles. The van der Waals surface area contributed by atoms with Gasteiger partial charge in [-0.3, -0.25) is 52.7 Å². The van der Waals surface area contributed by atoms with Gasteiger partial charge < -0.3 is 66.6 Å². The Labute approximate surface area is 586 Å². The highest BCUT2D eigenvalue weighted by molar-refractivity contribution is 6.38. The van der Waals surface area contributed by atoms with Crippen LogP contribution < -0.4 is 52.0 Å². The van der Waals surface area contributed by atoms with Crippen LogP contribution in [0.3, 0.4) is 0 Å². The molecule has 7 unspecified atom stereocenters. The van der Waals surface area contributed by atoms with Crippen molar-refractivity contribution in [1.82, 2.24) is 42.5 Å². The molecule has 4 aromatic rings. The third kappa shape index (κ3) is 25.8. The smallest absolute Gasteiger partial charge is 0.325 e. The highest BCUT2D eigenvalue weighted by atomic mass is 16.6. The highest BCUT2D eigenvalue weighted by Gasteiger charge is 2.38. The monoisotopic (exact) mass is 1380 g/mol. The number of aliphatic hydroxyl groups is 1. The summed E-state index contributed by atoms with van der Waals surface area (Å²) in [6, 6.07) is 23.1. The van der Waals surface area contributed by atoms with E-state index in [0.29, 0.717) is 59.8 Å². The van der Waals surface area contributed by atoms with E-state index in [1.54, 1.807) is 90.9 Å². The number of fused-ring (bicyclic) bond motifs is 20. The lowest BCUT2D eigenvalue weighted by Gasteiger charge is -2.32. The molecule has 0 aromatic heterocycles. The van der Waals surface area contributed by atoms with E-state index in [-0.39, 0.29) is 62.2 Å². The van der Waals surface area contributed by atoms with Crippen molar-refractivity contribution in [3.05, 3.63) is 119 Å². The van der Waals surface area contributed by atoms with Crippen LogP contribution in [0.15, 0.2) is 97.1 Å². The van der Waals surface area contributed by atoms with Gasteiger partial charge in [0.1, 0.15) is 71.5 Å². The summed E-state index contributed by atoms with van der Waals surface area (Å²) in [7, 11) is 0. The molecule has 4 aliphatic heterocycles. The average molecular weight is 1380 g/mol. The molecular formula is C76H102N8O16. The molecule has 2 fully saturated rings. The van der Waals surface area contributed by atoms with Gasteiger partial charge in [-0.05, 0) is 176 Å². The molecule has 6 aliphatic rings. The first kappa shape index (κ1) is 78.2. The van der Waals surface area contributed by atoms with E-state index in [1.807, 2.05) is 61.5 Å². The molecule has 542 valence electrons. The predicted octanol–water partition coefficient (Wildman–Crippen LogP) is 7.45. The summed E-state index contributed by atoms with van der Waals surface area (Å²) in [5.74, 6) is -4.81. The molecule has 8 bridgehead atoms. The molecule has 0 radical (unpaired) electrons. The summed E-state index contributed by atoms with van der Waals surface area (Å²) in [6.45, 7) is 12.8. The third-order valence-electron chi connectivity index (χ3n) is 17.6. The summed E-state index contributed by atoms with van der Waals surface area (Å²) < 4.78 is 22.6. The number of ketones is 1. The number of aryl methyl sites for hydroxylation is 2. The summed E-state index contributed by atoms with van der Waals surface area (Å²) in [5.41, 5.74) is 1.78. The Kier molecular flexibility index (Phi) is 29.6. The molecule has 0 spiro atoms. The quantitative estimate of drug-likeness (QED) is 0.0345. The molecule has 100 heavy (non-hydrogen) atoms. The van der Waals surface area contributed by atoms with Crippen molar-refractivity contribution in [2.75, 3.05) is 13.1 Å². The molecule has 0 saturated heterocycles. The largest absolute Gasteiger partial charge is 0.459 e. The van der Waals surface area contributed by atoms with Crippen LogP contribution in [0.1, 0.15) is 180 Å². The van der Waals surface area contributed by atoms with Gasteiger partial charge in [0.2, 0.25) is 41.2 Å². The standard InChI is InChI=1S/C38H52N4O8.C38H50N4O8/c2*1-5-10-29(34(45)37(48)39-23-32(44)50-38(2,3)4)40-35(46)30-22-25-11-9-14-28(21-25)49-27-18-15-24(16-19-27)17-20-31(43)42-33(36(47)41-30)26-12-7-6-8-13-26/h9,11,14-16,18-19,21,26,29-30,33-34,45H,5-8,10,12-13,17,20,22-23H2,1-4H3,(H,39,48)(H,40,46)(H,41,47)(H,42,43);9,11,14-16,18-19,21,26,29-30,33H,5-8,10,12-13,17,20,22-23H2,1-4H3,(H,39,48)(H,40,46)(H,41,47)(H,42,43). The zero-order valence-corrected chi connectivity index (χ0v) is 59.1. The van der Waals surface area contributed by atoms with Crippen molar-refractivity contribution in [1.29, 1.82) is 0 Å². The first-order valence-electron chi connectivity index (χ1n) is 35.4. The van der Waals surface area contributed by atoms with Crippen LogP contribution in [0, 0.1) is 11.8 Å². The van der Waals surface area contributed by atoms with E-state index >= 15 is 0 Å². The van der Waals surface area contributed by atoms with Crippen molar-refractivity contribution in [3.63, 3.8) is 0 Å². The second-order valence-electron chi connectivity index (χ2n) is 28.3. The van der Waals surface area contributed by atoms with E-state index in [9.17, 15) is 57.8 Å². The lowest BCUT2D eigenvalue weighted by Crippen LogP contribution is -2.59. The zero-order valence-electron chi connectivity index (χ0n) is 59.1. The number of ether oxygens (including phenoxy) is 4. The SMILES string of the molecule is CCCC(NC(=O)C1Cc2cccc(c2)Oc2ccc(cc2)CCC(=O)NC(C2CCCCC2)C(=O)N1)C(=O)C(=O)NCC(=O)OC(C)(C)C.CCCC(NC(=O)C1Cc2cccc(c2)Oc2ccc(cc2)CCC(=O)NC(C2CCCCC2)C(=O)N1)C(O)C(=O)NCC(=O)OC(C)(C)C. The van der Waals surface area contributed by atoms with Crippen molar-refractivity contribution < 1.29 is 76.8 Å². The zero-order chi connectivity index (χ0) is 72.5. The molecular weight excluding hydrogens is 1280 g/mol. The van der Waals surface area contributed by atoms with Gasteiger partial charge in [-0.15, -0.1) is 0 Å². The van der Waals surface area contributed by atoms with Gasteiger partial charge in [0.15, 0.2) is 6.10 Å². The second-order valence-corrected chi connectivity index (χ2v) is 28.3. The molecule has 4 heterocycles. The van der Waals surface area contributed by atoms with Crippen LogP contribution in [0.5, 0.6) is 23.0 Å². The maximum atomic E-state index is 14.1. The number of nitrogens with one attached hydrogen (secondary N) is 8. The third-order valence-corrected chi connectivity index (χ3v) is 17.6. The molecule has 8 amide bonds. The number of Topliss-reactive ketones (excluding diaryl/α,β-unsaturated/α-hetero) is 1. The lowest BCUT2D eigenvalue weighted by atomic mass is 9.83. The highest BCUT2D eigenvalue weighted by Crippen LogP contribution is 2.31. The number of carbonyl (C=O) groups is 11. The molecule has 10 rings (SSSR count). The van der Waals surface area contributed by atoms with E-state index < -0.39 is 120 Å². The Balaban J connectivity index is 0.000000281. The number of hydrogen-bond acceptors (Lipinski definition) is 16. The van der Waals surface area contributed by atoms with Crippen LogP contribution in [0.25, 0.3) is 0 Å². The Morgan fingerprint density at radius 1 is 0.510 bits per heavy atom. The fourth-order valence-corrected chi connectivity index (χ4v) is 12.7. The van der Waals surface area contributed by atoms with Gasteiger partial charge in [-0.2, -0.15) is 0 Å². The maximum absolute atomic E-state index is 14.1. The molecule has 7 atom stereocenters. The van der Waals surface area contributed by atoms with Crippen molar-refractivity contribution in [3.8, 4) is 23.0 Å². The minimum absolute atomic E-state index is 0.0386. The van der Waals surface area contributed by atoms with E-state index in [0.717, 1.165) is 75.3 Å². The lowest BCUT2D eigenvalue weighted by molar-refractivity contribution is -0.155. The maximum Gasteiger partial charge on any atom is 0.325 e. The van der Waals surface area contributed by atoms with Crippen molar-refractivity contribution in [2.45, 2.75) is 237 Å². The minimum atomic E-state index is -1.68. The number of benzene rings is 4. The molecule has 24 nitrogen and oxygen atoms in total. The van der Waals surface area contributed by atoms with Crippen LogP contribution in [-0.2, 0) is 87.9 Å². The summed E-state index contributed by atoms with van der Waals surface area (Å²) in [6.07, 6.45) is 10.1. The van der Waals surface area contributed by atoms with Crippen LogP contribution in [0.4, 0.5) is 0 Å². The number of hydrogen-bond donors (Lipinski definition) is 9. The topological polar surface area (TPSA) is 341 Å². The minimum Gasteiger partial charge on any atom is -0.459 e. The molecule has 2 aliphatic carbocycles. The number of rotatable bonds is 18.